The van der Waals surface area contributed by atoms with E-state index in [1.165, 1.54) is 25.7 Å². The van der Waals surface area contributed by atoms with Crippen molar-refractivity contribution in [3.05, 3.63) is 0 Å². The summed E-state index contributed by atoms with van der Waals surface area (Å²) in [5, 5.41) is 8.26. The summed E-state index contributed by atoms with van der Waals surface area (Å²) in [7, 11) is 0. The van der Waals surface area contributed by atoms with Crippen LogP contribution < -0.4 is 0 Å². The second-order valence-electron chi connectivity index (χ2n) is 3.21. The third kappa shape index (κ3) is 14.9. The molecular formula is C10H21NaO3. The zero-order chi connectivity index (χ0) is 9.94. The average molecular weight is 212 g/mol. The average Bonchev–Trinajstić information content (AvgIpc) is 2.09. The number of hydrogen-bond donors (Lipinski definition) is 1. The van der Waals surface area contributed by atoms with Gasteiger partial charge in [-0.25, -0.2) is 4.79 Å². The van der Waals surface area contributed by atoms with Gasteiger partial charge in [-0.2, -0.15) is 0 Å². The molecule has 4 heteroatoms. The summed E-state index contributed by atoms with van der Waals surface area (Å²) in [6.45, 7) is 2.61. The van der Waals surface area contributed by atoms with Crippen molar-refractivity contribution in [2.45, 2.75) is 45.4 Å². The quantitative estimate of drug-likeness (QED) is 0.468. The van der Waals surface area contributed by atoms with Crippen LogP contribution in [0.1, 0.15) is 45.4 Å². The van der Waals surface area contributed by atoms with E-state index < -0.39 is 5.97 Å². The fraction of sp³-hybridized carbons (Fsp3) is 0.900. The Hall–Kier alpha value is 0.430. The minimum absolute atomic E-state index is 0. The van der Waals surface area contributed by atoms with Crippen LogP contribution in [0.25, 0.3) is 0 Å². The normalized spacial score (nSPS) is 9.50. The van der Waals surface area contributed by atoms with Crippen LogP contribution in [0.3, 0.4) is 0 Å². The summed E-state index contributed by atoms with van der Waals surface area (Å²) < 4.78 is 4.90. The van der Waals surface area contributed by atoms with E-state index in [9.17, 15) is 4.79 Å². The van der Waals surface area contributed by atoms with Crippen molar-refractivity contribution >= 4 is 35.5 Å². The number of carboxylic acid groups (broad SMARTS) is 1. The summed E-state index contributed by atoms with van der Waals surface area (Å²) in [4.78, 5) is 10.0. The molecule has 14 heavy (non-hydrogen) atoms. The molecule has 0 heterocycles. The van der Waals surface area contributed by atoms with Gasteiger partial charge >= 0.3 is 35.5 Å². The Bertz CT molecular complexity index is 129. The number of hydrogen-bond acceptors (Lipinski definition) is 2. The molecule has 0 aromatic heterocycles. The number of carboxylic acids is 1. The molecule has 1 N–H and O–H groups in total. The Kier molecular flexibility index (Phi) is 16.2. The predicted octanol–water partition coefficient (Wildman–Crippen LogP) is 1.80. The number of rotatable bonds is 9. The van der Waals surface area contributed by atoms with Crippen molar-refractivity contribution < 1.29 is 14.6 Å². The van der Waals surface area contributed by atoms with E-state index in [1.54, 1.807) is 0 Å². The van der Waals surface area contributed by atoms with Crippen molar-refractivity contribution in [2.75, 3.05) is 13.2 Å². The Morgan fingerprint density at radius 3 is 2.29 bits per heavy atom. The number of unbranched alkanes of at least 4 members (excludes halogenated alkanes) is 5. The van der Waals surface area contributed by atoms with Crippen molar-refractivity contribution in [1.29, 1.82) is 0 Å². The summed E-state index contributed by atoms with van der Waals surface area (Å²) in [6.07, 6.45) is 7.22. The van der Waals surface area contributed by atoms with Crippen LogP contribution in [0.2, 0.25) is 0 Å². The van der Waals surface area contributed by atoms with Gasteiger partial charge in [0, 0.05) is 6.61 Å². The van der Waals surface area contributed by atoms with Crippen LogP contribution in [0.15, 0.2) is 0 Å². The van der Waals surface area contributed by atoms with Gasteiger partial charge < -0.3 is 9.84 Å². The molecule has 0 amide bonds. The molecule has 0 rings (SSSR count). The standard InChI is InChI=1S/C10H20O3.Na.H/c1-2-3-4-5-6-7-8-13-9-10(11)12;;/h2-9H2,1H3,(H,11,12);;. The Labute approximate surface area is 109 Å². The Morgan fingerprint density at radius 2 is 1.71 bits per heavy atom. The van der Waals surface area contributed by atoms with Crippen molar-refractivity contribution in [3.63, 3.8) is 0 Å². The van der Waals surface area contributed by atoms with E-state index >= 15 is 0 Å². The maximum absolute atomic E-state index is 10.0. The number of aliphatic carboxylic acids is 1. The van der Waals surface area contributed by atoms with Crippen LogP contribution >= 0.6 is 0 Å². The van der Waals surface area contributed by atoms with Crippen molar-refractivity contribution in [2.24, 2.45) is 0 Å². The molecule has 0 atom stereocenters. The second kappa shape index (κ2) is 13.4. The predicted molar refractivity (Wildman–Crippen MR) is 59.0 cm³/mol. The molecule has 80 valence electrons. The molecule has 3 nitrogen and oxygen atoms in total. The van der Waals surface area contributed by atoms with E-state index in [0.717, 1.165) is 12.8 Å². The van der Waals surface area contributed by atoms with E-state index in [2.05, 4.69) is 6.92 Å². The topological polar surface area (TPSA) is 46.5 Å². The first kappa shape index (κ1) is 16.8. The third-order valence-electron chi connectivity index (χ3n) is 1.87. The van der Waals surface area contributed by atoms with Gasteiger partial charge in [0.25, 0.3) is 0 Å². The molecule has 0 aromatic carbocycles. The maximum atomic E-state index is 10.0. The summed E-state index contributed by atoms with van der Waals surface area (Å²) in [5.74, 6) is -0.883. The monoisotopic (exact) mass is 212 g/mol. The van der Waals surface area contributed by atoms with Crippen LogP contribution in [-0.4, -0.2) is 53.8 Å². The van der Waals surface area contributed by atoms with Crippen molar-refractivity contribution in [3.8, 4) is 0 Å². The van der Waals surface area contributed by atoms with Crippen molar-refractivity contribution in [1.82, 2.24) is 0 Å². The molecule has 0 fully saturated rings. The van der Waals surface area contributed by atoms with E-state index in [0.29, 0.717) is 6.61 Å². The molecule has 0 saturated carbocycles. The summed E-state index contributed by atoms with van der Waals surface area (Å²) in [6, 6.07) is 0. The summed E-state index contributed by atoms with van der Waals surface area (Å²) >= 11 is 0. The van der Waals surface area contributed by atoms with Gasteiger partial charge in [-0.15, -0.1) is 0 Å². The van der Waals surface area contributed by atoms with Gasteiger partial charge in [-0.05, 0) is 6.42 Å². The zero-order valence-corrected chi connectivity index (χ0v) is 8.42. The molecular weight excluding hydrogens is 191 g/mol. The minimum atomic E-state index is -0.883. The summed E-state index contributed by atoms with van der Waals surface area (Å²) in [5.41, 5.74) is 0. The van der Waals surface area contributed by atoms with Crippen LogP contribution in [0.5, 0.6) is 0 Å². The Balaban J connectivity index is 0. The first-order valence-electron chi connectivity index (χ1n) is 5.07. The SMILES string of the molecule is CCCCCCCCOCC(=O)O.[NaH]. The Morgan fingerprint density at radius 1 is 1.14 bits per heavy atom. The molecule has 0 bridgehead atoms. The third-order valence-corrected chi connectivity index (χ3v) is 1.87. The van der Waals surface area contributed by atoms with Gasteiger partial charge in [0.2, 0.25) is 0 Å². The fourth-order valence-corrected chi connectivity index (χ4v) is 1.14. The van der Waals surface area contributed by atoms with Gasteiger partial charge in [-0.1, -0.05) is 39.0 Å². The van der Waals surface area contributed by atoms with Gasteiger partial charge in [-0.3, -0.25) is 0 Å². The molecule has 0 spiro atoms. The van der Waals surface area contributed by atoms with Crippen LogP contribution in [0, 0.1) is 0 Å². The molecule has 0 aliphatic rings. The van der Waals surface area contributed by atoms with Gasteiger partial charge in [0.15, 0.2) is 0 Å². The first-order chi connectivity index (χ1) is 6.27. The molecule has 0 unspecified atom stereocenters. The van der Waals surface area contributed by atoms with E-state index in [-0.39, 0.29) is 36.2 Å². The fourth-order valence-electron chi connectivity index (χ4n) is 1.14. The first-order valence-corrected chi connectivity index (χ1v) is 5.07. The molecule has 0 aliphatic carbocycles. The zero-order valence-electron chi connectivity index (χ0n) is 8.42. The van der Waals surface area contributed by atoms with Gasteiger partial charge in [0.1, 0.15) is 6.61 Å². The van der Waals surface area contributed by atoms with Crippen LogP contribution in [0.4, 0.5) is 0 Å². The number of carbonyl (C=O) groups is 1. The molecule has 0 aliphatic heterocycles. The second-order valence-corrected chi connectivity index (χ2v) is 3.21. The van der Waals surface area contributed by atoms with Gasteiger partial charge in [0.05, 0.1) is 0 Å². The van der Waals surface area contributed by atoms with Crippen LogP contribution in [-0.2, 0) is 9.53 Å². The number of ether oxygens (including phenoxy) is 1. The van der Waals surface area contributed by atoms with E-state index in [4.69, 9.17) is 9.84 Å². The molecule has 0 radical (unpaired) electrons. The molecule has 0 saturated heterocycles. The van der Waals surface area contributed by atoms with E-state index in [1.807, 2.05) is 0 Å². The molecule has 0 aromatic rings.